The summed E-state index contributed by atoms with van der Waals surface area (Å²) in [4.78, 5) is 73.0. The molecule has 6 aliphatic rings. The number of aromatic nitrogens is 2. The summed E-state index contributed by atoms with van der Waals surface area (Å²) in [5, 5.41) is 12.0. The molecule has 5 saturated heterocycles. The molecule has 14 nitrogen and oxygen atoms in total. The number of nitrogens with one attached hydrogen (secondary N) is 1. The number of nitrogens with zero attached hydrogens (tertiary/aromatic N) is 9. The molecule has 2 aromatic carbocycles. The molecule has 15 heteroatoms. The Morgan fingerprint density at radius 2 is 1.61 bits per heavy atom. The van der Waals surface area contributed by atoms with Crippen LogP contribution in [-0.2, 0) is 16.1 Å². The van der Waals surface area contributed by atoms with Gasteiger partial charge in [-0.15, -0.1) is 0 Å². The van der Waals surface area contributed by atoms with Crippen molar-refractivity contribution in [3.05, 3.63) is 76.1 Å². The number of halogens is 1. The Kier molecular flexibility index (Phi) is 9.42. The molecule has 1 unspecified atom stereocenters. The number of piperidine rings is 2. The van der Waals surface area contributed by atoms with E-state index in [1.54, 1.807) is 12.1 Å². The number of hydrogen-bond donors (Lipinski definition) is 1. The van der Waals surface area contributed by atoms with E-state index < -0.39 is 23.8 Å². The molecule has 5 fully saturated rings. The van der Waals surface area contributed by atoms with Crippen molar-refractivity contribution in [1.82, 2.24) is 30.0 Å². The third kappa shape index (κ3) is 6.65. The smallest absolute Gasteiger partial charge is 0.262 e. The van der Waals surface area contributed by atoms with Crippen molar-refractivity contribution in [2.24, 2.45) is 5.41 Å². The van der Waals surface area contributed by atoms with Gasteiger partial charge in [-0.25, -0.2) is 9.97 Å². The number of imide groups is 2. The van der Waals surface area contributed by atoms with Gasteiger partial charge in [-0.2, -0.15) is 5.26 Å². The highest BCUT2D eigenvalue weighted by Crippen LogP contribution is 2.45. The van der Waals surface area contributed by atoms with Gasteiger partial charge in [-0.1, -0.05) is 11.6 Å². The summed E-state index contributed by atoms with van der Waals surface area (Å²) in [5.74, 6) is -1.15. The van der Waals surface area contributed by atoms with Crippen molar-refractivity contribution in [2.45, 2.75) is 63.7 Å². The molecule has 6 aliphatic heterocycles. The van der Waals surface area contributed by atoms with Crippen molar-refractivity contribution in [2.75, 3.05) is 73.6 Å². The van der Waals surface area contributed by atoms with E-state index in [1.165, 1.54) is 0 Å². The van der Waals surface area contributed by atoms with Crippen molar-refractivity contribution in [3.8, 4) is 6.07 Å². The zero-order valence-electron chi connectivity index (χ0n) is 31.5. The number of hydrogen-bond acceptors (Lipinski definition) is 12. The summed E-state index contributed by atoms with van der Waals surface area (Å²) in [6.45, 7) is 11.5. The minimum Gasteiger partial charge on any atom is -0.368 e. The predicted octanol–water partition coefficient (Wildman–Crippen LogP) is 3.29. The maximum atomic E-state index is 13.3. The Labute approximate surface area is 331 Å². The van der Waals surface area contributed by atoms with Crippen LogP contribution in [0.4, 0.5) is 17.3 Å². The van der Waals surface area contributed by atoms with Gasteiger partial charge < -0.3 is 14.7 Å². The molecule has 2 atom stereocenters. The molecule has 0 saturated carbocycles. The zero-order valence-corrected chi connectivity index (χ0v) is 32.2. The van der Waals surface area contributed by atoms with Crippen LogP contribution in [0, 0.1) is 16.7 Å². The standard InChI is InChI=1S/C41H45ClN10O4/c1-26-18-41(25-51(26)30-3-2-28(19-43)34(42)17-30)8-10-49(11-9-41)40-44-20-27(21-45-40)22-47-12-14-48(15-13-47)31-23-50(24-31)29-4-5-32-33(16-29)39(56)52(38(32)55)35-6-7-36(53)46-37(35)54/h2-5,16-17,20-21,26,31,35H,6-15,18,22-25H2,1H3,(H,46,53,54)/t26-,35?/m0/s1. The SMILES string of the molecule is C[C@H]1CC2(CCN(c3ncc(CN4CCN(C5CN(c6ccc7c(c6)C(=O)N(C6CCC(=O)NC6=O)C7=O)C5)CC4)cn3)CC2)CN1c1ccc(C#N)c(Cl)c1. The largest absolute Gasteiger partial charge is 0.368 e. The number of anilines is 3. The van der Waals surface area contributed by atoms with Crippen molar-refractivity contribution in [1.29, 1.82) is 5.26 Å². The molecule has 290 valence electrons. The summed E-state index contributed by atoms with van der Waals surface area (Å²) in [6, 6.07) is 13.1. The second kappa shape index (κ2) is 14.4. The first-order valence-electron chi connectivity index (χ1n) is 19.7. The highest BCUT2D eigenvalue weighted by molar-refractivity contribution is 6.32. The van der Waals surface area contributed by atoms with E-state index >= 15 is 0 Å². The van der Waals surface area contributed by atoms with Gasteiger partial charge in [0.2, 0.25) is 17.8 Å². The molecule has 1 N–H and O–H groups in total. The summed E-state index contributed by atoms with van der Waals surface area (Å²) < 4.78 is 0. The van der Waals surface area contributed by atoms with Gasteiger partial charge in [0.15, 0.2) is 0 Å². The van der Waals surface area contributed by atoms with Crippen LogP contribution in [0.1, 0.15) is 70.9 Å². The summed E-state index contributed by atoms with van der Waals surface area (Å²) in [5.41, 5.74) is 4.48. The van der Waals surface area contributed by atoms with Crippen LogP contribution >= 0.6 is 11.6 Å². The van der Waals surface area contributed by atoms with Crippen LogP contribution in [0.15, 0.2) is 48.8 Å². The minimum absolute atomic E-state index is 0.0984. The molecule has 9 rings (SSSR count). The van der Waals surface area contributed by atoms with Crippen LogP contribution in [0.3, 0.4) is 0 Å². The topological polar surface area (TPSA) is 149 Å². The van der Waals surface area contributed by atoms with Gasteiger partial charge in [0.25, 0.3) is 11.8 Å². The first-order valence-corrected chi connectivity index (χ1v) is 20.0. The summed E-state index contributed by atoms with van der Waals surface area (Å²) >= 11 is 6.37. The van der Waals surface area contributed by atoms with E-state index in [0.717, 1.165) is 112 Å². The lowest BCUT2D eigenvalue weighted by molar-refractivity contribution is -0.136. The van der Waals surface area contributed by atoms with Crippen LogP contribution in [0.2, 0.25) is 5.02 Å². The third-order valence-corrected chi connectivity index (χ3v) is 13.3. The first-order chi connectivity index (χ1) is 27.1. The van der Waals surface area contributed by atoms with Gasteiger partial charge in [0.1, 0.15) is 12.1 Å². The fourth-order valence-electron chi connectivity index (χ4n) is 9.67. The normalized spacial score (nSPS) is 24.4. The number of rotatable bonds is 7. The zero-order chi connectivity index (χ0) is 38.7. The number of piperazine rings is 1. The number of carbonyl (C=O) groups is 4. The number of fused-ring (bicyclic) bond motifs is 1. The maximum absolute atomic E-state index is 13.3. The Morgan fingerprint density at radius 1 is 0.893 bits per heavy atom. The minimum atomic E-state index is -0.964. The van der Waals surface area contributed by atoms with E-state index in [4.69, 9.17) is 21.6 Å². The van der Waals surface area contributed by atoms with Crippen molar-refractivity contribution >= 4 is 52.6 Å². The Morgan fingerprint density at radius 3 is 2.30 bits per heavy atom. The lowest BCUT2D eigenvalue weighted by Gasteiger charge is -2.49. The molecule has 3 aromatic rings. The van der Waals surface area contributed by atoms with E-state index in [1.807, 2.05) is 36.7 Å². The summed E-state index contributed by atoms with van der Waals surface area (Å²) in [6.07, 6.45) is 7.52. The molecular weight excluding hydrogens is 732 g/mol. The van der Waals surface area contributed by atoms with E-state index in [-0.39, 0.29) is 24.2 Å². The molecule has 1 spiro atoms. The average Bonchev–Trinajstić information content (AvgIpc) is 3.63. The molecule has 0 radical (unpaired) electrons. The molecule has 0 bridgehead atoms. The Bertz CT molecular complexity index is 2120. The third-order valence-electron chi connectivity index (χ3n) is 12.9. The molecule has 1 aromatic heterocycles. The van der Waals surface area contributed by atoms with Gasteiger partial charge in [0.05, 0.1) is 21.7 Å². The van der Waals surface area contributed by atoms with E-state index in [2.05, 4.69) is 42.8 Å². The Balaban J connectivity index is 0.725. The molecule has 56 heavy (non-hydrogen) atoms. The number of benzene rings is 2. The highest BCUT2D eigenvalue weighted by atomic mass is 35.5. The van der Waals surface area contributed by atoms with Gasteiger partial charge in [0, 0.05) is 113 Å². The van der Waals surface area contributed by atoms with Crippen LogP contribution in [-0.4, -0.2) is 125 Å². The quantitative estimate of drug-likeness (QED) is 0.351. The summed E-state index contributed by atoms with van der Waals surface area (Å²) in [7, 11) is 0. The fraction of sp³-hybridized carbons (Fsp3) is 0.488. The average molecular weight is 777 g/mol. The molecule has 7 heterocycles. The fourth-order valence-corrected chi connectivity index (χ4v) is 9.89. The number of carbonyl (C=O) groups excluding carboxylic acids is 4. The highest BCUT2D eigenvalue weighted by Gasteiger charge is 2.46. The second-order valence-corrected chi connectivity index (χ2v) is 16.8. The maximum Gasteiger partial charge on any atom is 0.262 e. The second-order valence-electron chi connectivity index (χ2n) is 16.4. The molecular formula is C41H45ClN10O4. The van der Waals surface area contributed by atoms with Gasteiger partial charge in [-0.3, -0.25) is 39.2 Å². The van der Waals surface area contributed by atoms with Crippen LogP contribution in [0.25, 0.3) is 0 Å². The van der Waals surface area contributed by atoms with Crippen LogP contribution in [0.5, 0.6) is 0 Å². The lowest BCUT2D eigenvalue weighted by Crippen LogP contribution is -2.63. The number of nitriles is 1. The van der Waals surface area contributed by atoms with E-state index in [9.17, 15) is 24.4 Å². The van der Waals surface area contributed by atoms with Crippen LogP contribution < -0.4 is 20.0 Å². The van der Waals surface area contributed by atoms with Gasteiger partial charge >= 0.3 is 0 Å². The Hall–Kier alpha value is -5.10. The van der Waals surface area contributed by atoms with Gasteiger partial charge in [-0.05, 0) is 74.4 Å². The van der Waals surface area contributed by atoms with E-state index in [0.29, 0.717) is 33.8 Å². The first kappa shape index (κ1) is 36.5. The molecule has 4 amide bonds. The number of amides is 4. The van der Waals surface area contributed by atoms with Crippen molar-refractivity contribution < 1.29 is 19.2 Å². The lowest BCUT2D eigenvalue weighted by atomic mass is 9.77. The predicted molar refractivity (Wildman–Crippen MR) is 209 cm³/mol. The van der Waals surface area contributed by atoms with Crippen molar-refractivity contribution in [3.63, 3.8) is 0 Å². The monoisotopic (exact) mass is 776 g/mol. The molecule has 0 aliphatic carbocycles.